The van der Waals surface area contributed by atoms with E-state index in [0.717, 1.165) is 34.9 Å². The first-order valence-electron chi connectivity index (χ1n) is 9.74. The lowest BCUT2D eigenvalue weighted by atomic mass is 9.95. The molecule has 1 saturated carbocycles. The first-order chi connectivity index (χ1) is 13.1. The Kier molecular flexibility index (Phi) is 5.16. The van der Waals surface area contributed by atoms with Gasteiger partial charge in [0, 0.05) is 35.2 Å². The minimum Gasteiger partial charge on any atom is -0.384 e. The second-order valence-electron chi connectivity index (χ2n) is 7.46. The third-order valence-electron chi connectivity index (χ3n) is 5.37. The number of carbonyl (C=O) groups is 1. The third kappa shape index (κ3) is 4.00. The Balaban J connectivity index is 1.51. The Morgan fingerprint density at radius 1 is 1.22 bits per heavy atom. The fourth-order valence-corrected chi connectivity index (χ4v) is 4.98. The summed E-state index contributed by atoms with van der Waals surface area (Å²) in [6.07, 6.45) is 7.14. The zero-order chi connectivity index (χ0) is 18.8. The van der Waals surface area contributed by atoms with E-state index in [4.69, 9.17) is 5.41 Å². The number of amides is 1. The summed E-state index contributed by atoms with van der Waals surface area (Å²) >= 11 is 1.46. The van der Waals surface area contributed by atoms with E-state index in [-0.39, 0.29) is 5.91 Å². The van der Waals surface area contributed by atoms with Gasteiger partial charge in [-0.2, -0.15) is 0 Å². The van der Waals surface area contributed by atoms with Crippen LogP contribution in [0.15, 0.2) is 24.3 Å². The lowest BCUT2D eigenvalue weighted by Gasteiger charge is -2.23. The van der Waals surface area contributed by atoms with Crippen LogP contribution < -0.4 is 16.0 Å². The van der Waals surface area contributed by atoms with Crippen molar-refractivity contribution in [2.75, 3.05) is 22.5 Å². The highest BCUT2D eigenvalue weighted by atomic mass is 32.1. The number of thiophene rings is 1. The number of nitrogens with one attached hydrogen (secondary N) is 4. The molecule has 2 aliphatic rings. The van der Waals surface area contributed by atoms with E-state index in [2.05, 4.69) is 16.0 Å². The van der Waals surface area contributed by atoms with Gasteiger partial charge >= 0.3 is 0 Å². The summed E-state index contributed by atoms with van der Waals surface area (Å²) in [5.74, 6) is -0.106. The quantitative estimate of drug-likeness (QED) is 0.543. The van der Waals surface area contributed by atoms with Gasteiger partial charge in [0.2, 0.25) is 0 Å². The van der Waals surface area contributed by atoms with E-state index in [1.54, 1.807) is 6.92 Å². The molecule has 5 nitrogen and oxygen atoms in total. The SMILES string of the molecule is CC(=N)c1cc(C(=O)Nc2ccc3c(c2)CCN3)sc1NC1CCCCC1. The van der Waals surface area contributed by atoms with E-state index >= 15 is 0 Å². The summed E-state index contributed by atoms with van der Waals surface area (Å²) in [5.41, 5.74) is 4.56. The van der Waals surface area contributed by atoms with E-state index in [1.807, 2.05) is 24.3 Å². The molecule has 142 valence electrons. The summed E-state index contributed by atoms with van der Waals surface area (Å²) in [6.45, 7) is 2.74. The Morgan fingerprint density at radius 2 is 2.04 bits per heavy atom. The van der Waals surface area contributed by atoms with E-state index in [0.29, 0.717) is 16.6 Å². The summed E-state index contributed by atoms with van der Waals surface area (Å²) in [4.78, 5) is 13.4. The number of fused-ring (bicyclic) bond motifs is 1. The largest absolute Gasteiger partial charge is 0.384 e. The number of hydrogen-bond donors (Lipinski definition) is 4. The fraction of sp³-hybridized carbons (Fsp3) is 0.429. The molecule has 0 bridgehead atoms. The highest BCUT2D eigenvalue weighted by molar-refractivity contribution is 7.18. The summed E-state index contributed by atoms with van der Waals surface area (Å²) < 4.78 is 0. The van der Waals surface area contributed by atoms with Crippen LogP contribution in [0.4, 0.5) is 16.4 Å². The van der Waals surface area contributed by atoms with Gasteiger partial charge in [0.15, 0.2) is 0 Å². The molecule has 0 spiro atoms. The van der Waals surface area contributed by atoms with Crippen molar-refractivity contribution in [1.82, 2.24) is 0 Å². The van der Waals surface area contributed by atoms with E-state index in [1.165, 1.54) is 49.0 Å². The molecule has 4 rings (SSSR count). The fourth-order valence-electron chi connectivity index (χ4n) is 3.90. The molecule has 1 aliphatic carbocycles. The van der Waals surface area contributed by atoms with Crippen molar-refractivity contribution in [2.24, 2.45) is 0 Å². The zero-order valence-electron chi connectivity index (χ0n) is 15.7. The molecule has 0 unspecified atom stereocenters. The molecule has 2 aromatic rings. The second kappa shape index (κ2) is 7.72. The van der Waals surface area contributed by atoms with Crippen molar-refractivity contribution in [3.05, 3.63) is 40.3 Å². The maximum atomic E-state index is 12.8. The molecule has 0 atom stereocenters. The normalized spacial score (nSPS) is 16.5. The van der Waals surface area contributed by atoms with Crippen LogP contribution in [0.3, 0.4) is 0 Å². The van der Waals surface area contributed by atoms with Crippen molar-refractivity contribution >= 4 is 39.3 Å². The second-order valence-corrected chi connectivity index (χ2v) is 8.51. The summed E-state index contributed by atoms with van der Waals surface area (Å²) in [6, 6.07) is 8.31. The van der Waals surface area contributed by atoms with Crippen LogP contribution in [0.1, 0.15) is 59.8 Å². The first-order valence-corrected chi connectivity index (χ1v) is 10.6. The van der Waals surface area contributed by atoms with Crippen molar-refractivity contribution in [1.29, 1.82) is 5.41 Å². The molecule has 1 aromatic heterocycles. The minimum atomic E-state index is -0.106. The zero-order valence-corrected chi connectivity index (χ0v) is 16.5. The maximum Gasteiger partial charge on any atom is 0.265 e. The number of rotatable bonds is 5. The van der Waals surface area contributed by atoms with Gasteiger partial charge in [0.05, 0.1) is 9.88 Å². The van der Waals surface area contributed by atoms with Gasteiger partial charge < -0.3 is 21.4 Å². The molecule has 1 aromatic carbocycles. The molecule has 1 amide bonds. The molecule has 1 aliphatic heterocycles. The standard InChI is InChI=1S/C21H26N4OS/c1-13(22)17-12-19(27-21(17)25-15-5-3-2-4-6-15)20(26)24-16-7-8-18-14(11-16)9-10-23-18/h7-8,11-12,15,22-23,25H,2-6,9-10H2,1H3,(H,24,26). The smallest absolute Gasteiger partial charge is 0.265 e. The van der Waals surface area contributed by atoms with Crippen LogP contribution in [-0.4, -0.2) is 24.2 Å². The van der Waals surface area contributed by atoms with Crippen LogP contribution in [0.2, 0.25) is 0 Å². The molecule has 0 radical (unpaired) electrons. The molecular formula is C21H26N4OS. The molecule has 0 saturated heterocycles. The molecule has 27 heavy (non-hydrogen) atoms. The number of anilines is 3. The van der Waals surface area contributed by atoms with Gasteiger partial charge in [-0.15, -0.1) is 11.3 Å². The van der Waals surface area contributed by atoms with Crippen molar-refractivity contribution < 1.29 is 4.79 Å². The van der Waals surface area contributed by atoms with Gasteiger partial charge in [0.1, 0.15) is 0 Å². The maximum absolute atomic E-state index is 12.8. The minimum absolute atomic E-state index is 0.106. The van der Waals surface area contributed by atoms with Crippen LogP contribution in [0, 0.1) is 5.41 Å². The van der Waals surface area contributed by atoms with Gasteiger partial charge in [-0.25, -0.2) is 0 Å². The monoisotopic (exact) mass is 382 g/mol. The summed E-state index contributed by atoms with van der Waals surface area (Å²) in [5, 5.41) is 19.0. The lowest BCUT2D eigenvalue weighted by molar-refractivity contribution is 0.103. The Bertz CT molecular complexity index is 867. The summed E-state index contributed by atoms with van der Waals surface area (Å²) in [7, 11) is 0. The van der Waals surface area contributed by atoms with Gasteiger partial charge in [-0.1, -0.05) is 19.3 Å². The van der Waals surface area contributed by atoms with Gasteiger partial charge in [-0.3, -0.25) is 4.79 Å². The number of carbonyl (C=O) groups excluding carboxylic acids is 1. The van der Waals surface area contributed by atoms with Gasteiger partial charge in [-0.05, 0) is 56.0 Å². The van der Waals surface area contributed by atoms with Crippen molar-refractivity contribution in [3.8, 4) is 0 Å². The van der Waals surface area contributed by atoms with Crippen LogP contribution in [-0.2, 0) is 6.42 Å². The lowest BCUT2D eigenvalue weighted by Crippen LogP contribution is -2.22. The Morgan fingerprint density at radius 3 is 2.81 bits per heavy atom. The topological polar surface area (TPSA) is 77.0 Å². The van der Waals surface area contributed by atoms with Crippen LogP contribution >= 0.6 is 11.3 Å². The Labute approximate surface area is 164 Å². The van der Waals surface area contributed by atoms with E-state index in [9.17, 15) is 4.79 Å². The third-order valence-corrected chi connectivity index (χ3v) is 6.44. The molecule has 2 heterocycles. The molecule has 4 N–H and O–H groups in total. The Hall–Kier alpha value is -2.34. The highest BCUT2D eigenvalue weighted by Crippen LogP contribution is 2.33. The highest BCUT2D eigenvalue weighted by Gasteiger charge is 2.20. The van der Waals surface area contributed by atoms with Crippen molar-refractivity contribution in [2.45, 2.75) is 51.5 Å². The van der Waals surface area contributed by atoms with Gasteiger partial charge in [0.25, 0.3) is 5.91 Å². The predicted molar refractivity (Wildman–Crippen MR) is 114 cm³/mol. The molecular weight excluding hydrogens is 356 g/mol. The number of hydrogen-bond acceptors (Lipinski definition) is 5. The van der Waals surface area contributed by atoms with Crippen LogP contribution in [0.5, 0.6) is 0 Å². The van der Waals surface area contributed by atoms with Crippen molar-refractivity contribution in [3.63, 3.8) is 0 Å². The molecule has 6 heteroatoms. The predicted octanol–water partition coefficient (Wildman–Crippen LogP) is 5.10. The average molecular weight is 383 g/mol. The average Bonchev–Trinajstić information content (AvgIpc) is 3.29. The molecule has 1 fully saturated rings. The van der Waals surface area contributed by atoms with Crippen LogP contribution in [0.25, 0.3) is 0 Å². The first kappa shape index (κ1) is 18.0. The number of benzene rings is 1. The van der Waals surface area contributed by atoms with E-state index < -0.39 is 0 Å².